The van der Waals surface area contributed by atoms with Crippen molar-refractivity contribution in [3.05, 3.63) is 29.8 Å². The van der Waals surface area contributed by atoms with Crippen molar-refractivity contribution in [3.63, 3.8) is 0 Å². The van der Waals surface area contributed by atoms with Crippen LogP contribution >= 0.6 is 0 Å². The number of hydrogen-bond acceptors (Lipinski definition) is 4. The van der Waals surface area contributed by atoms with E-state index in [1.54, 1.807) is 12.1 Å². The molecule has 0 spiro atoms. The summed E-state index contributed by atoms with van der Waals surface area (Å²) in [6.45, 7) is 3.11. The highest BCUT2D eigenvalue weighted by Gasteiger charge is 2.38. The Morgan fingerprint density at radius 1 is 1.11 bits per heavy atom. The fourth-order valence-electron chi connectivity index (χ4n) is 3.50. The number of piperidine rings is 1. The van der Waals surface area contributed by atoms with Gasteiger partial charge in [0, 0.05) is 30.6 Å². The Hall–Kier alpha value is -2.68. The van der Waals surface area contributed by atoms with E-state index < -0.39 is 11.8 Å². The number of nitrogens with one attached hydrogen (secondary N) is 1. The molecule has 1 aromatic carbocycles. The number of likely N-dealkylation sites (tertiary alicyclic amines) is 1. The molecule has 1 saturated heterocycles. The van der Waals surface area contributed by atoms with E-state index in [-0.39, 0.29) is 23.5 Å². The average molecular weight is 367 g/mol. The first kappa shape index (κ1) is 19.1. The van der Waals surface area contributed by atoms with Gasteiger partial charge < -0.3 is 10.2 Å². The van der Waals surface area contributed by atoms with Gasteiger partial charge in [-0.3, -0.25) is 14.4 Å². The van der Waals surface area contributed by atoms with Crippen LogP contribution in [-0.2, 0) is 20.8 Å². The van der Waals surface area contributed by atoms with Crippen molar-refractivity contribution in [1.82, 2.24) is 4.90 Å². The molecule has 6 heteroatoms. The maximum Gasteiger partial charge on any atom is 0.249 e. The second kappa shape index (κ2) is 8.34. The summed E-state index contributed by atoms with van der Waals surface area (Å²) >= 11 is 0. The summed E-state index contributed by atoms with van der Waals surface area (Å²) in [4.78, 5) is 39.1. The van der Waals surface area contributed by atoms with Gasteiger partial charge in [-0.15, -0.1) is 0 Å². The molecular formula is C21H25N3O3. The van der Waals surface area contributed by atoms with Gasteiger partial charge in [0.15, 0.2) is 11.7 Å². The molecule has 2 aliphatic rings. The maximum absolute atomic E-state index is 12.7. The van der Waals surface area contributed by atoms with Crippen molar-refractivity contribution >= 4 is 23.3 Å². The highest BCUT2D eigenvalue weighted by molar-refractivity contribution is 6.10. The Morgan fingerprint density at radius 3 is 2.26 bits per heavy atom. The summed E-state index contributed by atoms with van der Waals surface area (Å²) in [5.41, 5.74) is 1.73. The molecule has 1 N–H and O–H groups in total. The summed E-state index contributed by atoms with van der Waals surface area (Å²) in [7, 11) is 0. The molecule has 6 nitrogen and oxygen atoms in total. The van der Waals surface area contributed by atoms with Gasteiger partial charge in [-0.2, -0.15) is 5.26 Å². The van der Waals surface area contributed by atoms with E-state index in [2.05, 4.69) is 5.32 Å². The van der Waals surface area contributed by atoms with Gasteiger partial charge in [0.05, 0.1) is 6.07 Å². The van der Waals surface area contributed by atoms with Crippen molar-refractivity contribution in [3.8, 4) is 6.07 Å². The highest BCUT2D eigenvalue weighted by Crippen LogP contribution is 2.33. The molecule has 2 fully saturated rings. The Labute approximate surface area is 159 Å². The SMILES string of the molecule is CCc1ccc(NC(=O)C(C#N)C(=O)C2CCN(C(=O)C3CC3)CC2)cc1. The van der Waals surface area contributed by atoms with Crippen molar-refractivity contribution in [2.45, 2.75) is 39.0 Å². The number of nitriles is 1. The molecule has 27 heavy (non-hydrogen) atoms. The topological polar surface area (TPSA) is 90.3 Å². The zero-order valence-electron chi connectivity index (χ0n) is 15.6. The average Bonchev–Trinajstić information content (AvgIpc) is 3.54. The number of anilines is 1. The van der Waals surface area contributed by atoms with Gasteiger partial charge >= 0.3 is 0 Å². The largest absolute Gasteiger partial charge is 0.342 e. The quantitative estimate of drug-likeness (QED) is 0.782. The molecule has 1 aromatic rings. The number of ketones is 1. The van der Waals surface area contributed by atoms with Crippen LogP contribution in [-0.4, -0.2) is 35.6 Å². The minimum absolute atomic E-state index is 0.175. The Bertz CT molecular complexity index is 754. The Kier molecular flexibility index (Phi) is 5.90. The van der Waals surface area contributed by atoms with Crippen molar-refractivity contribution < 1.29 is 14.4 Å². The molecule has 1 atom stereocenters. The van der Waals surface area contributed by atoms with Gasteiger partial charge in [-0.1, -0.05) is 19.1 Å². The minimum Gasteiger partial charge on any atom is -0.342 e. The van der Waals surface area contributed by atoms with Crippen molar-refractivity contribution in [2.75, 3.05) is 18.4 Å². The zero-order chi connectivity index (χ0) is 19.4. The third-order valence-corrected chi connectivity index (χ3v) is 5.44. The number of hydrogen-bond donors (Lipinski definition) is 1. The number of amides is 2. The van der Waals surface area contributed by atoms with Crippen molar-refractivity contribution in [1.29, 1.82) is 5.26 Å². The Balaban J connectivity index is 1.56. The zero-order valence-corrected chi connectivity index (χ0v) is 15.6. The van der Waals surface area contributed by atoms with Crippen LogP contribution in [0, 0.1) is 29.1 Å². The molecule has 142 valence electrons. The van der Waals surface area contributed by atoms with Crippen LogP contribution in [0.5, 0.6) is 0 Å². The van der Waals surface area contributed by atoms with E-state index in [0.29, 0.717) is 31.6 Å². The second-order valence-electron chi connectivity index (χ2n) is 7.38. The van der Waals surface area contributed by atoms with E-state index in [1.807, 2.05) is 30.0 Å². The lowest BCUT2D eigenvalue weighted by Gasteiger charge is -2.32. The first-order chi connectivity index (χ1) is 13.0. The summed E-state index contributed by atoms with van der Waals surface area (Å²) in [6.07, 6.45) is 3.87. The number of carbonyl (C=O) groups excluding carboxylic acids is 3. The molecule has 0 aromatic heterocycles. The van der Waals surface area contributed by atoms with E-state index >= 15 is 0 Å². The fraction of sp³-hybridized carbons (Fsp3) is 0.524. The molecule has 0 radical (unpaired) electrons. The lowest BCUT2D eigenvalue weighted by Crippen LogP contribution is -2.43. The van der Waals surface area contributed by atoms with Gasteiger partial charge in [0.2, 0.25) is 11.8 Å². The minimum atomic E-state index is -1.31. The predicted octanol–water partition coefficient (Wildman–Crippen LogP) is 2.54. The van der Waals surface area contributed by atoms with Crippen LogP contribution in [0.15, 0.2) is 24.3 Å². The number of rotatable bonds is 6. The summed E-state index contributed by atoms with van der Waals surface area (Å²) in [6, 6.07) is 9.23. The first-order valence-corrected chi connectivity index (χ1v) is 9.65. The lowest BCUT2D eigenvalue weighted by atomic mass is 9.85. The molecular weight excluding hydrogens is 342 g/mol. The van der Waals surface area contributed by atoms with Crippen LogP contribution < -0.4 is 5.32 Å². The van der Waals surface area contributed by atoms with Crippen LogP contribution in [0.1, 0.15) is 38.2 Å². The molecule has 1 heterocycles. The van der Waals surface area contributed by atoms with Crippen LogP contribution in [0.2, 0.25) is 0 Å². The third kappa shape index (κ3) is 4.54. The Morgan fingerprint density at radius 2 is 1.74 bits per heavy atom. The maximum atomic E-state index is 12.7. The molecule has 1 unspecified atom stereocenters. The van der Waals surface area contributed by atoms with Gasteiger partial charge in [-0.05, 0) is 49.8 Å². The lowest BCUT2D eigenvalue weighted by molar-refractivity contribution is -0.138. The van der Waals surface area contributed by atoms with E-state index in [4.69, 9.17) is 0 Å². The number of benzene rings is 1. The number of carbonyl (C=O) groups is 3. The van der Waals surface area contributed by atoms with Gasteiger partial charge in [-0.25, -0.2) is 0 Å². The van der Waals surface area contributed by atoms with Crippen LogP contribution in [0.25, 0.3) is 0 Å². The summed E-state index contributed by atoms with van der Waals surface area (Å²) in [5.74, 6) is -2.21. The third-order valence-electron chi connectivity index (χ3n) is 5.44. The molecule has 0 bridgehead atoms. The fourth-order valence-corrected chi connectivity index (χ4v) is 3.50. The second-order valence-corrected chi connectivity index (χ2v) is 7.38. The standard InChI is InChI=1S/C21H25N3O3/c1-2-14-3-7-17(8-4-14)23-20(26)18(13-22)19(25)15-9-11-24(12-10-15)21(27)16-5-6-16/h3-4,7-8,15-16,18H,2,5-6,9-12H2,1H3,(H,23,26). The first-order valence-electron chi connectivity index (χ1n) is 9.65. The predicted molar refractivity (Wildman–Crippen MR) is 101 cm³/mol. The van der Waals surface area contributed by atoms with Gasteiger partial charge in [0.1, 0.15) is 0 Å². The molecule has 1 aliphatic carbocycles. The van der Waals surface area contributed by atoms with Crippen molar-refractivity contribution in [2.24, 2.45) is 17.8 Å². The van der Waals surface area contributed by atoms with Gasteiger partial charge in [0.25, 0.3) is 0 Å². The van der Waals surface area contributed by atoms with E-state index in [1.165, 1.54) is 0 Å². The smallest absolute Gasteiger partial charge is 0.249 e. The monoisotopic (exact) mass is 367 g/mol. The molecule has 2 amide bonds. The number of Topliss-reactive ketones (excluding diaryl/α,β-unsaturated/α-hetero) is 1. The summed E-state index contributed by atoms with van der Waals surface area (Å²) < 4.78 is 0. The van der Waals surface area contributed by atoms with Crippen LogP contribution in [0.3, 0.4) is 0 Å². The number of aryl methyl sites for hydroxylation is 1. The molecule has 3 rings (SSSR count). The normalized spacial score (nSPS) is 18.4. The number of nitrogens with zero attached hydrogens (tertiary/aromatic N) is 2. The molecule has 1 saturated carbocycles. The molecule has 1 aliphatic heterocycles. The van der Waals surface area contributed by atoms with E-state index in [9.17, 15) is 19.6 Å². The summed E-state index contributed by atoms with van der Waals surface area (Å²) in [5, 5.41) is 12.1. The highest BCUT2D eigenvalue weighted by atomic mass is 16.2. The van der Waals surface area contributed by atoms with Crippen LogP contribution in [0.4, 0.5) is 5.69 Å². The van der Waals surface area contributed by atoms with E-state index in [0.717, 1.165) is 24.8 Å².